The number of hydrogen-bond acceptors (Lipinski definition) is 2. The van der Waals surface area contributed by atoms with E-state index < -0.39 is 0 Å². The maximum absolute atomic E-state index is 10.3. The number of hydrogen-bond donors (Lipinski definition) is 2. The normalized spacial score (nSPS) is 28.7. The molecule has 1 heterocycles. The highest BCUT2D eigenvalue weighted by molar-refractivity contribution is 5.82. The number of carbonyl (C=O) groups is 1. The summed E-state index contributed by atoms with van der Waals surface area (Å²) in [7, 11) is 0. The summed E-state index contributed by atoms with van der Waals surface area (Å²) in [5.41, 5.74) is 0. The Morgan fingerprint density at radius 1 is 2.00 bits per heavy atom. The van der Waals surface area contributed by atoms with Crippen LogP contribution in [0.4, 0.5) is 0 Å². The van der Waals surface area contributed by atoms with Gasteiger partial charge in [0, 0.05) is 19.1 Å². The third-order valence-electron chi connectivity index (χ3n) is 1.73. The first-order valence-electron chi connectivity index (χ1n) is 3.14. The average molecular weight is 129 g/mol. The van der Waals surface area contributed by atoms with Gasteiger partial charge < -0.3 is 10.4 Å². The quantitative estimate of drug-likeness (QED) is 0.494. The lowest BCUT2D eigenvalue weighted by Gasteiger charge is -2.31. The van der Waals surface area contributed by atoms with Gasteiger partial charge in [0.25, 0.3) is 0 Å². The average Bonchev–Trinajstić information content (AvgIpc) is 1.79. The van der Waals surface area contributed by atoms with Crippen molar-refractivity contribution in [2.24, 2.45) is 5.92 Å². The third kappa shape index (κ3) is 1.21. The van der Waals surface area contributed by atoms with Crippen molar-refractivity contribution in [2.75, 3.05) is 6.61 Å². The molecule has 0 aliphatic carbocycles. The smallest absolute Gasteiger partial charge is 0.222 e. The van der Waals surface area contributed by atoms with Crippen LogP contribution in [0.3, 0.4) is 0 Å². The molecule has 0 radical (unpaired) electrons. The molecule has 2 N–H and O–H groups in total. The highest BCUT2D eigenvalue weighted by Crippen LogP contribution is 2.13. The Balaban J connectivity index is 2.23. The lowest BCUT2D eigenvalue weighted by molar-refractivity contribution is -0.129. The van der Waals surface area contributed by atoms with E-state index in [1.54, 1.807) is 0 Å². The van der Waals surface area contributed by atoms with Crippen LogP contribution in [0.1, 0.15) is 13.3 Å². The fraction of sp³-hybridized carbons (Fsp3) is 0.833. The predicted molar refractivity (Wildman–Crippen MR) is 32.8 cm³/mol. The van der Waals surface area contributed by atoms with Gasteiger partial charge >= 0.3 is 0 Å². The number of rotatable bonds is 2. The maximum Gasteiger partial charge on any atom is 0.222 e. The number of aliphatic hydroxyl groups is 1. The van der Waals surface area contributed by atoms with E-state index >= 15 is 0 Å². The molecule has 0 aromatic heterocycles. The predicted octanol–water partition coefficient (Wildman–Crippen LogP) is -0.497. The molecular formula is C6H11NO2. The van der Waals surface area contributed by atoms with Gasteiger partial charge in [-0.25, -0.2) is 0 Å². The monoisotopic (exact) mass is 129 g/mol. The number of nitrogens with one attached hydrogen (secondary N) is 1. The van der Waals surface area contributed by atoms with Crippen molar-refractivity contribution < 1.29 is 9.90 Å². The number of amides is 1. The lowest BCUT2D eigenvalue weighted by Crippen LogP contribution is -2.52. The number of carbonyl (C=O) groups excluding carboxylic acids is 1. The Kier molecular flexibility index (Phi) is 1.71. The molecular weight excluding hydrogens is 118 g/mol. The van der Waals surface area contributed by atoms with Crippen LogP contribution in [-0.4, -0.2) is 23.7 Å². The zero-order valence-electron chi connectivity index (χ0n) is 5.42. The van der Waals surface area contributed by atoms with Gasteiger partial charge in [-0.3, -0.25) is 4.79 Å². The molecule has 1 saturated heterocycles. The van der Waals surface area contributed by atoms with Crippen molar-refractivity contribution in [1.29, 1.82) is 0 Å². The summed E-state index contributed by atoms with van der Waals surface area (Å²) in [6.07, 6.45) is 0.585. The minimum atomic E-state index is 0.0975. The van der Waals surface area contributed by atoms with Crippen LogP contribution < -0.4 is 5.32 Å². The summed E-state index contributed by atoms with van der Waals surface area (Å²) in [6.45, 7) is 2.08. The van der Waals surface area contributed by atoms with Crippen molar-refractivity contribution in [2.45, 2.75) is 19.4 Å². The molecule has 0 bridgehead atoms. The Morgan fingerprint density at radius 2 is 2.56 bits per heavy atom. The maximum atomic E-state index is 10.3. The van der Waals surface area contributed by atoms with Crippen molar-refractivity contribution in [3.63, 3.8) is 0 Å². The summed E-state index contributed by atoms with van der Waals surface area (Å²) in [4.78, 5) is 10.3. The van der Waals surface area contributed by atoms with Crippen molar-refractivity contribution >= 4 is 5.91 Å². The minimum Gasteiger partial charge on any atom is -0.396 e. The Labute approximate surface area is 54.1 Å². The van der Waals surface area contributed by atoms with E-state index in [-0.39, 0.29) is 24.5 Å². The zero-order chi connectivity index (χ0) is 6.85. The Hall–Kier alpha value is -0.570. The minimum absolute atomic E-state index is 0.0975. The zero-order valence-corrected chi connectivity index (χ0v) is 5.42. The highest BCUT2D eigenvalue weighted by Gasteiger charge is 2.29. The van der Waals surface area contributed by atoms with E-state index in [0.717, 1.165) is 0 Å². The first-order chi connectivity index (χ1) is 4.24. The SMILES string of the molecule is C[C@@H](CO)[C@H]1CC(=O)N1. The van der Waals surface area contributed by atoms with Gasteiger partial charge in [-0.05, 0) is 5.92 Å². The second-order valence-corrected chi connectivity index (χ2v) is 2.54. The fourth-order valence-corrected chi connectivity index (χ4v) is 0.856. The molecule has 0 spiro atoms. The molecule has 1 fully saturated rings. The van der Waals surface area contributed by atoms with Crippen LogP contribution in [0.5, 0.6) is 0 Å². The van der Waals surface area contributed by atoms with Crippen LogP contribution in [0, 0.1) is 5.92 Å². The van der Waals surface area contributed by atoms with Gasteiger partial charge in [-0.1, -0.05) is 6.92 Å². The van der Waals surface area contributed by atoms with Crippen LogP contribution in [0.15, 0.2) is 0 Å². The van der Waals surface area contributed by atoms with Crippen molar-refractivity contribution in [3.8, 4) is 0 Å². The van der Waals surface area contributed by atoms with E-state index in [0.29, 0.717) is 6.42 Å². The van der Waals surface area contributed by atoms with E-state index in [4.69, 9.17) is 5.11 Å². The molecule has 9 heavy (non-hydrogen) atoms. The van der Waals surface area contributed by atoms with E-state index in [2.05, 4.69) is 5.32 Å². The topological polar surface area (TPSA) is 49.3 Å². The number of aliphatic hydroxyl groups excluding tert-OH is 1. The van der Waals surface area contributed by atoms with Gasteiger partial charge in [0.15, 0.2) is 0 Å². The van der Waals surface area contributed by atoms with Gasteiger partial charge in [0.05, 0.1) is 0 Å². The molecule has 3 nitrogen and oxygen atoms in total. The van der Waals surface area contributed by atoms with Gasteiger partial charge in [0.2, 0.25) is 5.91 Å². The first kappa shape index (κ1) is 6.55. The van der Waals surface area contributed by atoms with E-state index in [1.807, 2.05) is 6.92 Å². The Morgan fingerprint density at radius 3 is 2.89 bits per heavy atom. The summed E-state index contributed by atoms with van der Waals surface area (Å²) >= 11 is 0. The fourth-order valence-electron chi connectivity index (χ4n) is 0.856. The molecule has 1 aliphatic heterocycles. The van der Waals surface area contributed by atoms with Gasteiger partial charge in [-0.15, -0.1) is 0 Å². The standard InChI is InChI=1S/C6H11NO2/c1-4(3-8)5-2-6(9)7-5/h4-5,8H,2-3H2,1H3,(H,7,9)/t4-,5+/m0/s1. The summed E-state index contributed by atoms with van der Waals surface area (Å²) in [5, 5.41) is 11.3. The van der Waals surface area contributed by atoms with Gasteiger partial charge in [0.1, 0.15) is 0 Å². The summed E-state index contributed by atoms with van der Waals surface area (Å²) < 4.78 is 0. The molecule has 0 saturated carbocycles. The van der Waals surface area contributed by atoms with Gasteiger partial charge in [-0.2, -0.15) is 0 Å². The lowest BCUT2D eigenvalue weighted by atomic mass is 9.94. The molecule has 52 valence electrons. The van der Waals surface area contributed by atoms with Crippen LogP contribution in [-0.2, 0) is 4.79 Å². The van der Waals surface area contributed by atoms with E-state index in [9.17, 15) is 4.79 Å². The highest BCUT2D eigenvalue weighted by atomic mass is 16.3. The van der Waals surface area contributed by atoms with Crippen LogP contribution >= 0.6 is 0 Å². The molecule has 1 rings (SSSR count). The van der Waals surface area contributed by atoms with E-state index in [1.165, 1.54) is 0 Å². The van der Waals surface area contributed by atoms with Crippen molar-refractivity contribution in [1.82, 2.24) is 5.32 Å². The Bertz CT molecular complexity index is 116. The third-order valence-corrected chi connectivity index (χ3v) is 1.73. The first-order valence-corrected chi connectivity index (χ1v) is 3.14. The van der Waals surface area contributed by atoms with Crippen molar-refractivity contribution in [3.05, 3.63) is 0 Å². The molecule has 2 atom stereocenters. The summed E-state index contributed by atoms with van der Waals surface area (Å²) in [6, 6.07) is 0.225. The summed E-state index contributed by atoms with van der Waals surface area (Å²) in [5.74, 6) is 0.308. The largest absolute Gasteiger partial charge is 0.396 e. The molecule has 0 aromatic carbocycles. The second-order valence-electron chi connectivity index (χ2n) is 2.54. The molecule has 0 aromatic rings. The molecule has 0 unspecified atom stereocenters. The molecule has 3 heteroatoms. The second kappa shape index (κ2) is 2.35. The molecule has 1 aliphatic rings. The number of β-lactam (4-membered cyclic amide) rings is 1. The van der Waals surface area contributed by atoms with Crippen LogP contribution in [0.2, 0.25) is 0 Å². The van der Waals surface area contributed by atoms with Crippen LogP contribution in [0.25, 0.3) is 0 Å². The molecule has 1 amide bonds.